The van der Waals surface area contributed by atoms with Crippen LogP contribution < -0.4 is 5.73 Å². The largest absolute Gasteiger partial charge is 0.393 e. The van der Waals surface area contributed by atoms with Gasteiger partial charge in [0.05, 0.1) is 10.6 Å². The average molecular weight is 230 g/mol. The Bertz CT molecular complexity index is 227. The fraction of sp³-hybridized carbons (Fsp3) is 0.909. The van der Waals surface area contributed by atoms with Crippen molar-refractivity contribution in [2.24, 2.45) is 11.7 Å². The Morgan fingerprint density at radius 1 is 1.53 bits per heavy atom. The molecule has 88 valence electrons. The first-order chi connectivity index (χ1) is 6.93. The van der Waals surface area contributed by atoms with Gasteiger partial charge < -0.3 is 15.7 Å². The van der Waals surface area contributed by atoms with Gasteiger partial charge in [0.15, 0.2) is 0 Å². The molecule has 0 saturated heterocycles. The summed E-state index contributed by atoms with van der Waals surface area (Å²) in [7, 11) is 2.02. The van der Waals surface area contributed by atoms with Crippen LogP contribution in [0.1, 0.15) is 32.6 Å². The summed E-state index contributed by atoms with van der Waals surface area (Å²) >= 11 is 4.94. The Morgan fingerprint density at radius 2 is 2.07 bits per heavy atom. The molecule has 1 fully saturated rings. The van der Waals surface area contributed by atoms with Crippen molar-refractivity contribution < 1.29 is 5.11 Å². The predicted molar refractivity (Wildman–Crippen MR) is 66.9 cm³/mol. The van der Waals surface area contributed by atoms with Gasteiger partial charge in [-0.15, -0.1) is 0 Å². The van der Waals surface area contributed by atoms with Crippen molar-refractivity contribution in [2.75, 3.05) is 20.1 Å². The molecule has 1 rings (SSSR count). The Balaban J connectivity index is 2.34. The minimum Gasteiger partial charge on any atom is -0.393 e. The van der Waals surface area contributed by atoms with Crippen molar-refractivity contribution >= 4 is 17.2 Å². The summed E-state index contributed by atoms with van der Waals surface area (Å²) < 4.78 is 0. The molecule has 0 aromatic heterocycles. The number of aliphatic hydroxyl groups is 1. The van der Waals surface area contributed by atoms with Gasteiger partial charge in [0, 0.05) is 19.0 Å². The molecule has 0 spiro atoms. The molecule has 3 nitrogen and oxygen atoms in total. The fourth-order valence-electron chi connectivity index (χ4n) is 2.32. The second-order valence-corrected chi connectivity index (χ2v) is 5.40. The Labute approximate surface area is 97.6 Å². The van der Waals surface area contributed by atoms with Gasteiger partial charge in [0.2, 0.25) is 0 Å². The number of nitrogens with two attached hydrogens (primary N) is 1. The van der Waals surface area contributed by atoms with Crippen LogP contribution in [0.5, 0.6) is 0 Å². The maximum atomic E-state index is 10.2. The lowest BCUT2D eigenvalue weighted by molar-refractivity contribution is 0.0151. The molecule has 0 bridgehead atoms. The number of rotatable bonds is 5. The van der Waals surface area contributed by atoms with E-state index in [9.17, 15) is 5.11 Å². The smallest absolute Gasteiger partial charge is 0.0774 e. The van der Waals surface area contributed by atoms with Crippen molar-refractivity contribution in [1.82, 2.24) is 4.90 Å². The standard InChI is InChI=1S/C11H22N2OS/c1-9(10(12)15)7-13(2)8-11(14)5-3-4-6-11/h9,14H,3-8H2,1-2H3,(H2,12,15). The highest BCUT2D eigenvalue weighted by molar-refractivity contribution is 7.80. The molecule has 0 heterocycles. The third kappa shape index (κ3) is 4.05. The summed E-state index contributed by atoms with van der Waals surface area (Å²) in [5.74, 6) is 0.218. The van der Waals surface area contributed by atoms with Crippen molar-refractivity contribution in [1.29, 1.82) is 0 Å². The van der Waals surface area contributed by atoms with E-state index in [1.165, 1.54) is 0 Å². The van der Waals surface area contributed by atoms with E-state index < -0.39 is 5.60 Å². The van der Waals surface area contributed by atoms with Crippen molar-refractivity contribution in [3.05, 3.63) is 0 Å². The van der Waals surface area contributed by atoms with Gasteiger partial charge in [-0.05, 0) is 19.9 Å². The molecule has 1 aliphatic carbocycles. The van der Waals surface area contributed by atoms with Crippen LogP contribution in [0.4, 0.5) is 0 Å². The topological polar surface area (TPSA) is 49.5 Å². The lowest BCUT2D eigenvalue weighted by atomic mass is 10.0. The van der Waals surface area contributed by atoms with E-state index in [1.54, 1.807) is 0 Å². The highest BCUT2D eigenvalue weighted by Gasteiger charge is 2.32. The van der Waals surface area contributed by atoms with E-state index in [2.05, 4.69) is 4.90 Å². The summed E-state index contributed by atoms with van der Waals surface area (Å²) in [5.41, 5.74) is 5.10. The van der Waals surface area contributed by atoms with Crippen molar-refractivity contribution in [3.63, 3.8) is 0 Å². The van der Waals surface area contributed by atoms with Crippen LogP contribution in [0.15, 0.2) is 0 Å². The lowest BCUT2D eigenvalue weighted by Gasteiger charge is -2.30. The number of thiocarbonyl (C=S) groups is 1. The van der Waals surface area contributed by atoms with Crippen LogP contribution in [0.2, 0.25) is 0 Å². The summed E-state index contributed by atoms with van der Waals surface area (Å²) in [6.07, 6.45) is 4.15. The second-order valence-electron chi connectivity index (χ2n) is 4.93. The first-order valence-electron chi connectivity index (χ1n) is 5.63. The summed E-state index contributed by atoms with van der Waals surface area (Å²) in [6, 6.07) is 0. The molecular weight excluding hydrogens is 208 g/mol. The monoisotopic (exact) mass is 230 g/mol. The highest BCUT2D eigenvalue weighted by atomic mass is 32.1. The molecule has 15 heavy (non-hydrogen) atoms. The van der Waals surface area contributed by atoms with Gasteiger partial charge in [0.1, 0.15) is 0 Å². The minimum absolute atomic E-state index is 0.218. The summed E-state index contributed by atoms with van der Waals surface area (Å²) in [4.78, 5) is 2.69. The molecular formula is C11H22N2OS. The molecule has 3 N–H and O–H groups in total. The molecule has 1 unspecified atom stereocenters. The van der Waals surface area contributed by atoms with Crippen LogP contribution in [0.3, 0.4) is 0 Å². The van der Waals surface area contributed by atoms with Crippen LogP contribution in [0, 0.1) is 5.92 Å². The van der Waals surface area contributed by atoms with E-state index >= 15 is 0 Å². The van der Waals surface area contributed by atoms with E-state index in [1.807, 2.05) is 14.0 Å². The minimum atomic E-state index is -0.468. The maximum Gasteiger partial charge on any atom is 0.0774 e. The zero-order chi connectivity index (χ0) is 11.5. The molecule has 0 radical (unpaired) electrons. The summed E-state index contributed by atoms with van der Waals surface area (Å²) in [5, 5.41) is 10.2. The van der Waals surface area contributed by atoms with Gasteiger partial charge in [-0.25, -0.2) is 0 Å². The van der Waals surface area contributed by atoms with Gasteiger partial charge in [-0.2, -0.15) is 0 Å². The van der Waals surface area contributed by atoms with Gasteiger partial charge in [-0.1, -0.05) is 32.0 Å². The van der Waals surface area contributed by atoms with Crippen LogP contribution in [-0.2, 0) is 0 Å². The summed E-state index contributed by atoms with van der Waals surface area (Å²) in [6.45, 7) is 3.59. The van der Waals surface area contributed by atoms with Gasteiger partial charge in [0.25, 0.3) is 0 Å². The average Bonchev–Trinajstić information content (AvgIpc) is 2.50. The van der Waals surface area contributed by atoms with Gasteiger partial charge >= 0.3 is 0 Å². The lowest BCUT2D eigenvalue weighted by Crippen LogP contribution is -2.42. The third-order valence-corrected chi connectivity index (χ3v) is 3.57. The highest BCUT2D eigenvalue weighted by Crippen LogP contribution is 2.29. The maximum absolute atomic E-state index is 10.2. The van der Waals surface area contributed by atoms with Crippen molar-refractivity contribution in [2.45, 2.75) is 38.2 Å². The number of likely N-dealkylation sites (N-methyl/N-ethyl adjacent to an activating group) is 1. The van der Waals surface area contributed by atoms with E-state index in [4.69, 9.17) is 18.0 Å². The molecule has 0 amide bonds. The fourth-order valence-corrected chi connectivity index (χ4v) is 2.39. The molecule has 0 aromatic rings. The Kier molecular flexibility index (Phi) is 4.49. The SMILES string of the molecule is CC(CN(C)CC1(O)CCCC1)C(N)=S. The molecule has 1 atom stereocenters. The van der Waals surface area contributed by atoms with E-state index in [-0.39, 0.29) is 5.92 Å². The zero-order valence-corrected chi connectivity index (χ0v) is 10.5. The molecule has 4 heteroatoms. The molecule has 0 aromatic carbocycles. The van der Waals surface area contributed by atoms with Crippen LogP contribution in [0.25, 0.3) is 0 Å². The first-order valence-corrected chi connectivity index (χ1v) is 6.04. The first kappa shape index (κ1) is 12.9. The Morgan fingerprint density at radius 3 is 2.53 bits per heavy atom. The van der Waals surface area contributed by atoms with Crippen molar-refractivity contribution in [3.8, 4) is 0 Å². The number of nitrogens with zero attached hydrogens (tertiary/aromatic N) is 1. The van der Waals surface area contributed by atoms with Crippen LogP contribution >= 0.6 is 12.2 Å². The molecule has 0 aliphatic heterocycles. The molecule has 1 saturated carbocycles. The second kappa shape index (κ2) is 5.23. The number of hydrogen-bond acceptors (Lipinski definition) is 3. The molecule has 1 aliphatic rings. The quantitative estimate of drug-likeness (QED) is 0.696. The predicted octanol–water partition coefficient (Wildman–Crippen LogP) is 1.15. The Hall–Kier alpha value is -0.190. The normalized spacial score (nSPS) is 21.9. The van der Waals surface area contributed by atoms with E-state index in [0.29, 0.717) is 4.99 Å². The third-order valence-electron chi connectivity index (χ3n) is 3.17. The number of hydrogen-bond donors (Lipinski definition) is 2. The van der Waals surface area contributed by atoms with Gasteiger partial charge in [-0.3, -0.25) is 0 Å². The van der Waals surface area contributed by atoms with E-state index in [0.717, 1.165) is 38.8 Å². The van der Waals surface area contributed by atoms with Crippen LogP contribution in [-0.4, -0.2) is 40.7 Å². The zero-order valence-electron chi connectivity index (χ0n) is 9.70.